The quantitative estimate of drug-likeness (QED) is 0.291. The molecule has 0 radical (unpaired) electrons. The molecule has 6 aromatic rings. The van der Waals surface area contributed by atoms with Crippen LogP contribution in [0.5, 0.6) is 0 Å². The number of hydrogen-bond acceptors (Lipinski definition) is 0. The molecule has 0 aromatic heterocycles. The van der Waals surface area contributed by atoms with E-state index in [9.17, 15) is 0 Å². The maximum absolute atomic E-state index is 2.41. The standard InChI is InChI=1S/C32H24B.Na/c1-4-14-29(15-5-1)33(30-16-6-2-7-17-30,31-18-8-3-9-19-31)32-21-20-27-22-25-12-10-11-13-26(25)23-28(27)24-32;/h1-24H;/q-1;+1. The topological polar surface area (TPSA) is 0 Å². The Bertz CT molecular complexity index is 1450. The van der Waals surface area contributed by atoms with Crippen molar-refractivity contribution in [1.29, 1.82) is 0 Å². The van der Waals surface area contributed by atoms with Crippen LogP contribution in [0.15, 0.2) is 146 Å². The van der Waals surface area contributed by atoms with Crippen molar-refractivity contribution in [3.05, 3.63) is 146 Å². The van der Waals surface area contributed by atoms with Crippen LogP contribution in [-0.2, 0) is 0 Å². The molecule has 0 spiro atoms. The van der Waals surface area contributed by atoms with Crippen LogP contribution in [0.1, 0.15) is 0 Å². The van der Waals surface area contributed by atoms with Crippen molar-refractivity contribution in [2.75, 3.05) is 0 Å². The van der Waals surface area contributed by atoms with E-state index in [2.05, 4.69) is 146 Å². The summed E-state index contributed by atoms with van der Waals surface area (Å²) in [6.07, 6.45) is -1.35. The van der Waals surface area contributed by atoms with E-state index in [1.54, 1.807) is 0 Å². The summed E-state index contributed by atoms with van der Waals surface area (Å²) in [6, 6.07) is 53.2. The Morgan fingerprint density at radius 2 is 0.676 bits per heavy atom. The molecule has 6 aromatic carbocycles. The average molecular weight is 442 g/mol. The fourth-order valence-electron chi connectivity index (χ4n) is 5.61. The summed E-state index contributed by atoms with van der Waals surface area (Å²) in [7, 11) is 0. The van der Waals surface area contributed by atoms with Gasteiger partial charge in [0.15, 0.2) is 0 Å². The van der Waals surface area contributed by atoms with E-state index in [-0.39, 0.29) is 29.6 Å². The van der Waals surface area contributed by atoms with Crippen LogP contribution in [0.2, 0.25) is 0 Å². The third-order valence-electron chi connectivity index (χ3n) is 7.13. The zero-order valence-electron chi connectivity index (χ0n) is 19.4. The molecule has 0 bridgehead atoms. The Morgan fingerprint density at radius 1 is 0.294 bits per heavy atom. The van der Waals surface area contributed by atoms with E-state index in [0.717, 1.165) is 0 Å². The van der Waals surface area contributed by atoms with Gasteiger partial charge >= 0.3 is 29.6 Å². The number of fused-ring (bicyclic) bond motifs is 2. The molecule has 6 rings (SSSR count). The summed E-state index contributed by atoms with van der Waals surface area (Å²) in [5.41, 5.74) is 5.32. The first kappa shape index (κ1) is 22.7. The van der Waals surface area contributed by atoms with Gasteiger partial charge in [-0.25, -0.2) is 0 Å². The minimum Gasteiger partial charge on any atom is -0.195 e. The Balaban J connectivity index is 0.00000241. The van der Waals surface area contributed by atoms with Crippen LogP contribution in [0.25, 0.3) is 21.5 Å². The molecule has 0 amide bonds. The molecule has 0 unspecified atom stereocenters. The molecule has 0 heterocycles. The predicted molar refractivity (Wildman–Crippen MR) is 145 cm³/mol. The van der Waals surface area contributed by atoms with Crippen molar-refractivity contribution in [1.82, 2.24) is 0 Å². The number of rotatable bonds is 4. The SMILES string of the molecule is [Na+].c1ccc([B-](c2ccccc2)(c2ccccc2)c2ccc3cc4ccccc4cc3c2)cc1. The largest absolute Gasteiger partial charge is 1.00 e. The van der Waals surface area contributed by atoms with Crippen molar-refractivity contribution in [3.63, 3.8) is 0 Å². The number of benzene rings is 6. The van der Waals surface area contributed by atoms with Crippen molar-refractivity contribution < 1.29 is 29.6 Å². The summed E-state index contributed by atoms with van der Waals surface area (Å²) >= 11 is 0. The zero-order valence-corrected chi connectivity index (χ0v) is 21.4. The fraction of sp³-hybridized carbons (Fsp3) is 0. The molecule has 0 nitrogen and oxygen atoms in total. The second-order valence-corrected chi connectivity index (χ2v) is 8.90. The summed E-state index contributed by atoms with van der Waals surface area (Å²) in [5.74, 6) is 0. The van der Waals surface area contributed by atoms with Crippen LogP contribution in [0.4, 0.5) is 0 Å². The molecule has 0 atom stereocenters. The van der Waals surface area contributed by atoms with E-state index in [1.165, 1.54) is 43.4 Å². The van der Waals surface area contributed by atoms with Crippen LogP contribution in [0.3, 0.4) is 0 Å². The van der Waals surface area contributed by atoms with Gasteiger partial charge < -0.3 is 0 Å². The van der Waals surface area contributed by atoms with Crippen LogP contribution < -0.4 is 51.4 Å². The van der Waals surface area contributed by atoms with Crippen LogP contribution in [0, 0.1) is 0 Å². The second-order valence-electron chi connectivity index (χ2n) is 8.90. The summed E-state index contributed by atoms with van der Waals surface area (Å²) in [6.45, 7) is 0. The molecule has 0 saturated heterocycles. The minimum absolute atomic E-state index is 0. The van der Waals surface area contributed by atoms with E-state index in [1.807, 2.05) is 0 Å². The van der Waals surface area contributed by atoms with Crippen molar-refractivity contribution in [2.24, 2.45) is 0 Å². The van der Waals surface area contributed by atoms with E-state index >= 15 is 0 Å². The van der Waals surface area contributed by atoms with Gasteiger partial charge in [0, 0.05) is 0 Å². The predicted octanol–water partition coefficient (Wildman–Crippen LogP) is 2.37. The van der Waals surface area contributed by atoms with Crippen LogP contribution in [-0.4, -0.2) is 6.15 Å². The fourth-order valence-corrected chi connectivity index (χ4v) is 5.61. The zero-order chi connectivity index (χ0) is 22.1. The summed E-state index contributed by atoms with van der Waals surface area (Å²) in [4.78, 5) is 0. The Kier molecular flexibility index (Phi) is 6.43. The van der Waals surface area contributed by atoms with E-state index in [4.69, 9.17) is 0 Å². The second kappa shape index (κ2) is 9.64. The van der Waals surface area contributed by atoms with Gasteiger partial charge in [-0.2, -0.15) is 21.9 Å². The summed E-state index contributed by atoms with van der Waals surface area (Å²) in [5, 5.41) is 5.11. The molecule has 0 aliphatic rings. The monoisotopic (exact) mass is 442 g/mol. The number of hydrogen-bond donors (Lipinski definition) is 0. The molecule has 0 aliphatic heterocycles. The first-order valence-corrected chi connectivity index (χ1v) is 11.6. The normalized spacial score (nSPS) is 11.3. The van der Waals surface area contributed by atoms with Gasteiger partial charge in [0.2, 0.25) is 0 Å². The molecule has 0 N–H and O–H groups in total. The van der Waals surface area contributed by atoms with Gasteiger partial charge in [-0.05, 0) is 33.7 Å². The third kappa shape index (κ3) is 3.81. The first-order chi connectivity index (χ1) is 16.4. The smallest absolute Gasteiger partial charge is 0.195 e. The minimum atomic E-state index is -1.35. The molecule has 2 heteroatoms. The van der Waals surface area contributed by atoms with E-state index in [0.29, 0.717) is 0 Å². The maximum atomic E-state index is 2.41. The molecular formula is C32H24BNa. The van der Waals surface area contributed by atoms with Gasteiger partial charge in [0.1, 0.15) is 6.15 Å². The molecule has 0 fully saturated rings. The van der Waals surface area contributed by atoms with Gasteiger partial charge in [-0.15, -0.1) is 0 Å². The Labute approximate surface area is 223 Å². The molecule has 34 heavy (non-hydrogen) atoms. The Hall–Kier alpha value is -3.10. The first-order valence-electron chi connectivity index (χ1n) is 11.6. The Morgan fingerprint density at radius 3 is 1.15 bits per heavy atom. The van der Waals surface area contributed by atoms with Gasteiger partial charge in [-0.1, -0.05) is 133 Å². The summed E-state index contributed by atoms with van der Waals surface area (Å²) < 4.78 is 0. The van der Waals surface area contributed by atoms with Crippen molar-refractivity contribution in [3.8, 4) is 0 Å². The van der Waals surface area contributed by atoms with Crippen molar-refractivity contribution >= 4 is 49.5 Å². The molecule has 0 aliphatic carbocycles. The molecule has 156 valence electrons. The van der Waals surface area contributed by atoms with Gasteiger partial charge in [-0.3, -0.25) is 0 Å². The van der Waals surface area contributed by atoms with Gasteiger partial charge in [0.25, 0.3) is 0 Å². The van der Waals surface area contributed by atoms with E-state index < -0.39 is 6.15 Å². The maximum Gasteiger partial charge on any atom is 1.00 e. The van der Waals surface area contributed by atoms with Crippen molar-refractivity contribution in [2.45, 2.75) is 0 Å². The molecule has 0 saturated carbocycles. The molecular weight excluding hydrogens is 418 g/mol. The average Bonchev–Trinajstić information content (AvgIpc) is 2.90. The third-order valence-corrected chi connectivity index (χ3v) is 7.13. The van der Waals surface area contributed by atoms with Crippen LogP contribution >= 0.6 is 0 Å². The van der Waals surface area contributed by atoms with Gasteiger partial charge in [0.05, 0.1) is 0 Å².